The molecule has 3 aromatic heterocycles. The summed E-state index contributed by atoms with van der Waals surface area (Å²) in [6.45, 7) is 24.6. The molecule has 5 heterocycles. The number of hydrogen-bond donors (Lipinski definition) is 5. The molecule has 25 heteroatoms. The van der Waals surface area contributed by atoms with E-state index in [4.69, 9.17) is 15.0 Å². The van der Waals surface area contributed by atoms with Crippen molar-refractivity contribution in [3.8, 4) is 0 Å². The smallest absolute Gasteiger partial charge is 0.660 e. The molecule has 7 aromatic rings. The average molecular weight is 1330 g/mol. The van der Waals surface area contributed by atoms with Crippen molar-refractivity contribution < 1.29 is 69.3 Å². The predicted octanol–water partition coefficient (Wildman–Crippen LogP) is 6.34. The van der Waals surface area contributed by atoms with Crippen LogP contribution < -0.4 is 39.6 Å². The fourth-order valence-electron chi connectivity index (χ4n) is 13.2. The van der Waals surface area contributed by atoms with Gasteiger partial charge < -0.3 is 15.0 Å². The van der Waals surface area contributed by atoms with Gasteiger partial charge >= 0.3 is 16.5 Å². The molecule has 0 radical (unpaired) electrons. The van der Waals surface area contributed by atoms with E-state index < -0.39 is 69.6 Å². The molecule has 20 nitrogen and oxygen atoms in total. The molecule has 4 amide bonds. The van der Waals surface area contributed by atoms with Gasteiger partial charge in [0.25, 0.3) is 40.1 Å². The van der Waals surface area contributed by atoms with Gasteiger partial charge in [-0.2, -0.15) is 0 Å². The normalized spacial score (nSPS) is 14.3. The zero-order valence-electron chi connectivity index (χ0n) is 51.7. The number of nitrogens with one attached hydrogen (secondary N) is 5. The second-order valence-electron chi connectivity index (χ2n) is 22.6. The number of allylic oxidation sites excluding steroid dienone is 2. The van der Waals surface area contributed by atoms with Crippen LogP contribution in [0.5, 0.6) is 0 Å². The number of hydrogen-bond acceptors (Lipinski definition) is 13. The van der Waals surface area contributed by atoms with Gasteiger partial charge in [-0.15, -0.1) is 22.8 Å². The van der Waals surface area contributed by atoms with E-state index in [0.717, 1.165) is 27.7 Å². The van der Waals surface area contributed by atoms with Crippen LogP contribution in [0.15, 0.2) is 103 Å². The number of aromatic nitrogens is 3. The Morgan fingerprint density at radius 3 is 1.12 bits per heavy atom. The van der Waals surface area contributed by atoms with E-state index in [0.29, 0.717) is 111 Å². The van der Waals surface area contributed by atoms with Crippen molar-refractivity contribution >= 4 is 86.2 Å². The minimum atomic E-state index is -4.49. The molecule has 1 atom stereocenters. The third-order valence-electron chi connectivity index (χ3n) is 15.7. The van der Waals surface area contributed by atoms with Gasteiger partial charge in [-0.1, -0.05) is 48.5 Å². The number of amides is 4. The Morgan fingerprint density at radius 1 is 0.416 bits per heavy atom. The zero-order chi connectivity index (χ0) is 64.9. The van der Waals surface area contributed by atoms with Crippen molar-refractivity contribution in [2.75, 3.05) is 0 Å². The van der Waals surface area contributed by atoms with Crippen LogP contribution in [0.2, 0.25) is 0 Å². The minimum Gasteiger partial charge on any atom is -0.660 e. The Bertz CT molecular complexity index is 5030. The summed E-state index contributed by atoms with van der Waals surface area (Å²) in [4.78, 5) is 69.2. The van der Waals surface area contributed by atoms with Crippen molar-refractivity contribution in [2.24, 2.45) is 4.99 Å². The first-order valence-corrected chi connectivity index (χ1v) is 33.6. The summed E-state index contributed by atoms with van der Waals surface area (Å²) >= 11 is 0. The largest absolute Gasteiger partial charge is 2.00 e. The third kappa shape index (κ3) is 12.1. The maximum absolute atomic E-state index is 14.2. The SMILES string of the molecule is CC(=O)NS(=O)(=O)c1c(C)cc(C)c(C2=C3C=CC(=N3)C(c3c(C)cc(C)c(S(=O)(=O)NC(C)=O)c3C)=c3ccc([nH]3)=C(c3c(C)cc(C)c(S(=O)(=O)NC(C)=O)c3C)c3ccc([n-]3)C(c3c(C)cc(C)c(S(=O)(=O)NC(C)=O)c3C)c3ccc2[n-]3)c1C.[Ni+2]. The summed E-state index contributed by atoms with van der Waals surface area (Å²) in [5.74, 6) is -4.25. The van der Waals surface area contributed by atoms with E-state index in [-0.39, 0.29) is 75.4 Å². The maximum Gasteiger partial charge on any atom is 2.00 e. The predicted molar refractivity (Wildman–Crippen MR) is 334 cm³/mol. The van der Waals surface area contributed by atoms with Crippen LogP contribution in [0, 0.1) is 83.1 Å². The fourth-order valence-corrected chi connectivity index (χ4v) is 19.1. The van der Waals surface area contributed by atoms with Crippen molar-refractivity contribution in [2.45, 2.75) is 136 Å². The summed E-state index contributed by atoms with van der Waals surface area (Å²) in [7, 11) is -18.0. The van der Waals surface area contributed by atoms with Gasteiger partial charge in [-0.25, -0.2) is 57.6 Å². The summed E-state index contributed by atoms with van der Waals surface area (Å²) in [6.07, 6.45) is 3.45. The molecule has 468 valence electrons. The van der Waals surface area contributed by atoms with E-state index in [1.54, 1.807) is 135 Å². The Kier molecular flexibility index (Phi) is 18.0. The third-order valence-corrected chi connectivity index (χ3v) is 22.6. The number of aryl methyl sites for hydroxylation is 8. The van der Waals surface area contributed by atoms with Gasteiger partial charge in [0, 0.05) is 44.0 Å². The molecule has 0 saturated heterocycles. The van der Waals surface area contributed by atoms with Gasteiger partial charge in [-0.05, 0) is 213 Å². The molecule has 5 N–H and O–H groups in total. The van der Waals surface area contributed by atoms with Gasteiger partial charge in [0.1, 0.15) is 0 Å². The number of nitrogens with zero attached hydrogens (tertiary/aromatic N) is 3. The number of carbonyl (C=O) groups is 4. The van der Waals surface area contributed by atoms with Crippen molar-refractivity contribution in [1.82, 2.24) is 33.8 Å². The number of aliphatic imine (C=N–C) groups is 1. The van der Waals surface area contributed by atoms with Crippen LogP contribution in [0.25, 0.3) is 16.7 Å². The van der Waals surface area contributed by atoms with Gasteiger partial charge in [0.2, 0.25) is 23.6 Å². The number of benzene rings is 4. The van der Waals surface area contributed by atoms with E-state index >= 15 is 0 Å². The van der Waals surface area contributed by atoms with Crippen LogP contribution in [0.1, 0.15) is 145 Å². The van der Waals surface area contributed by atoms with Crippen molar-refractivity contribution in [3.05, 3.63) is 201 Å². The number of aromatic amines is 1. The summed E-state index contributed by atoms with van der Waals surface area (Å²) in [5.41, 5.74) is 9.43. The molecule has 9 rings (SSSR count). The van der Waals surface area contributed by atoms with Gasteiger partial charge in [-0.3, -0.25) is 19.2 Å². The number of H-pyrrole nitrogens is 1. The maximum atomic E-state index is 14.2. The molecule has 2 aliphatic heterocycles. The molecule has 0 saturated carbocycles. The summed E-state index contributed by atoms with van der Waals surface area (Å²) in [6, 6.07) is 17.3. The molecule has 0 aliphatic carbocycles. The van der Waals surface area contributed by atoms with Crippen LogP contribution in [-0.2, 0) is 75.8 Å². The number of carbonyl (C=O) groups excluding carboxylic acids is 4. The van der Waals surface area contributed by atoms with Crippen LogP contribution in [0.3, 0.4) is 0 Å². The van der Waals surface area contributed by atoms with E-state index in [1.165, 1.54) is 0 Å². The Hall–Kier alpha value is -8.22. The Balaban J connectivity index is 0.0000102. The van der Waals surface area contributed by atoms with E-state index in [1.807, 2.05) is 20.8 Å². The van der Waals surface area contributed by atoms with Crippen LogP contribution >= 0.6 is 0 Å². The summed E-state index contributed by atoms with van der Waals surface area (Å²) < 4.78 is 122. The molecule has 4 aromatic carbocycles. The molecule has 8 bridgehead atoms. The van der Waals surface area contributed by atoms with Crippen molar-refractivity contribution in [3.63, 3.8) is 0 Å². The number of rotatable bonds is 12. The second kappa shape index (κ2) is 24.0. The van der Waals surface area contributed by atoms with E-state index in [2.05, 4.69) is 23.9 Å². The average Bonchev–Trinajstić information content (AvgIpc) is 1.90. The quantitative estimate of drug-likeness (QED) is 0.0835. The molecule has 0 spiro atoms. The monoisotopic (exact) mass is 1320 g/mol. The number of sulfonamides is 4. The minimum absolute atomic E-state index is 0. The molecule has 0 fully saturated rings. The zero-order valence-corrected chi connectivity index (χ0v) is 55.9. The first-order valence-electron chi connectivity index (χ1n) is 27.7. The topological polar surface area (TPSA) is 309 Å². The van der Waals surface area contributed by atoms with E-state index in [9.17, 15) is 52.8 Å². The van der Waals surface area contributed by atoms with Crippen molar-refractivity contribution in [1.29, 1.82) is 0 Å². The molecule has 1 unspecified atom stereocenters. The Morgan fingerprint density at radius 2 is 0.742 bits per heavy atom. The Labute approximate surface area is 528 Å². The van der Waals surface area contributed by atoms with Crippen LogP contribution in [-0.4, -0.2) is 68.0 Å². The molecule has 89 heavy (non-hydrogen) atoms. The molecule has 2 aliphatic rings. The standard InChI is InChI=1S/C64H68N8O12S4.Ni/c1-29-25-33(5)61(85(77,78)69-41(13)73)37(9)53(29)57-45-17-19-47(65-45)58(54-30(2)26-34(6)62(38(54)10)86(79,80)70-42(14)74)49-21-23-51(67-49)60(56-32(4)28-36(8)64(40(56)12)88(83,84)72-44(16)76)52-24-22-50(68-52)59(48-20-18-46(57)66-48)55-31(3)27-35(7)63(39(55)11)87(81,82)71-43(15)75;/h17-28,57H,1-16H3,(H7,65,66,67,68,69,70,71,72,73,74,75,76);/q;+2/p-2. The number of fused-ring (bicyclic) bond motifs is 7. The van der Waals surface area contributed by atoms with Gasteiger partial charge in [0.15, 0.2) is 0 Å². The van der Waals surface area contributed by atoms with Crippen LogP contribution in [0.4, 0.5) is 0 Å². The second-order valence-corrected chi connectivity index (χ2v) is 29.1. The van der Waals surface area contributed by atoms with Gasteiger partial charge in [0.05, 0.1) is 31.0 Å². The summed E-state index contributed by atoms with van der Waals surface area (Å²) in [5, 5.41) is 0.756. The molecular weight excluding hydrogens is 1260 g/mol. The first-order chi connectivity index (χ1) is 40.9. The molecular formula is C64H66N8NiO12S4. The first kappa shape index (κ1) is 66.7. The fraction of sp³-hybridized carbons (Fsp3) is 0.266.